The molecule has 1 aliphatic carbocycles. The van der Waals surface area contributed by atoms with Crippen molar-refractivity contribution in [2.45, 2.75) is 24.8 Å². The lowest BCUT2D eigenvalue weighted by Crippen LogP contribution is -2.56. The molecule has 1 aliphatic rings. The Balaban J connectivity index is 1.92. The Hall–Kier alpha value is -2.14. The second kappa shape index (κ2) is 4.76. The Labute approximate surface area is 116 Å². The summed E-state index contributed by atoms with van der Waals surface area (Å²) in [6.07, 6.45) is 2.63. The molecule has 1 saturated carbocycles. The van der Waals surface area contributed by atoms with E-state index in [2.05, 4.69) is 10.3 Å². The number of carbonyl (C=O) groups excluding carboxylic acids is 1. The van der Waals surface area contributed by atoms with Crippen molar-refractivity contribution in [3.8, 4) is 0 Å². The van der Waals surface area contributed by atoms with E-state index in [1.807, 2.05) is 24.3 Å². The predicted octanol–water partition coefficient (Wildman–Crippen LogP) is 1.46. The van der Waals surface area contributed by atoms with Gasteiger partial charge >= 0.3 is 0 Å². The fourth-order valence-corrected chi connectivity index (χ4v) is 2.55. The molecule has 1 aromatic heterocycles. The zero-order chi connectivity index (χ0) is 14.2. The third kappa shape index (κ3) is 2.10. The molecule has 0 saturated heterocycles. The Morgan fingerprint density at radius 2 is 2.15 bits per heavy atom. The molecule has 0 atom stereocenters. The molecule has 0 radical (unpaired) electrons. The zero-order valence-electron chi connectivity index (χ0n) is 11.1. The van der Waals surface area contributed by atoms with Crippen molar-refractivity contribution in [1.82, 2.24) is 10.3 Å². The molecule has 0 bridgehead atoms. The van der Waals surface area contributed by atoms with Crippen LogP contribution >= 0.6 is 0 Å². The van der Waals surface area contributed by atoms with Crippen LogP contribution in [0.15, 0.2) is 30.3 Å². The number of benzene rings is 1. The summed E-state index contributed by atoms with van der Waals surface area (Å²) in [6, 6.07) is 9.03. The van der Waals surface area contributed by atoms with Crippen molar-refractivity contribution in [2.75, 3.05) is 12.3 Å². The van der Waals surface area contributed by atoms with Gasteiger partial charge in [0.05, 0.1) is 17.7 Å². The van der Waals surface area contributed by atoms with E-state index in [1.54, 1.807) is 6.07 Å². The number of pyridine rings is 1. The van der Waals surface area contributed by atoms with E-state index in [0.29, 0.717) is 16.9 Å². The highest BCUT2D eigenvalue weighted by Gasteiger charge is 2.38. The molecule has 0 unspecified atom stereocenters. The highest BCUT2D eigenvalue weighted by molar-refractivity contribution is 5.99. The predicted molar refractivity (Wildman–Crippen MR) is 77.3 cm³/mol. The number of nitrogens with one attached hydrogen (secondary N) is 1. The van der Waals surface area contributed by atoms with Gasteiger partial charge in [0.15, 0.2) is 0 Å². The number of nitrogens with zero attached hydrogens (tertiary/aromatic N) is 1. The summed E-state index contributed by atoms with van der Waals surface area (Å²) in [7, 11) is 0. The lowest BCUT2D eigenvalue weighted by molar-refractivity contribution is 0.0638. The van der Waals surface area contributed by atoms with Crippen LogP contribution in [0.2, 0.25) is 0 Å². The molecule has 1 amide bonds. The number of amides is 1. The molecule has 2 aromatic rings. The van der Waals surface area contributed by atoms with Crippen LogP contribution in [0.25, 0.3) is 10.9 Å². The molecule has 104 valence electrons. The van der Waals surface area contributed by atoms with Gasteiger partial charge in [-0.05, 0) is 31.4 Å². The van der Waals surface area contributed by atoms with Gasteiger partial charge in [0.2, 0.25) is 0 Å². The van der Waals surface area contributed by atoms with Crippen LogP contribution < -0.4 is 11.1 Å². The van der Waals surface area contributed by atoms with E-state index < -0.39 is 5.54 Å². The van der Waals surface area contributed by atoms with Crippen LogP contribution in [-0.4, -0.2) is 28.1 Å². The average molecular weight is 271 g/mol. The number of para-hydroxylation sites is 1. The number of fused-ring (bicyclic) bond motifs is 1. The van der Waals surface area contributed by atoms with Crippen LogP contribution in [0.1, 0.15) is 29.8 Å². The molecule has 20 heavy (non-hydrogen) atoms. The topological polar surface area (TPSA) is 88.2 Å². The van der Waals surface area contributed by atoms with Crippen molar-refractivity contribution in [2.24, 2.45) is 0 Å². The second-order valence-electron chi connectivity index (χ2n) is 5.36. The smallest absolute Gasteiger partial charge is 0.270 e. The molecule has 0 aliphatic heterocycles. The van der Waals surface area contributed by atoms with Gasteiger partial charge in [-0.15, -0.1) is 0 Å². The third-order valence-electron chi connectivity index (χ3n) is 3.97. The van der Waals surface area contributed by atoms with Gasteiger partial charge in [-0.25, -0.2) is 4.98 Å². The van der Waals surface area contributed by atoms with Gasteiger partial charge in [-0.1, -0.05) is 18.2 Å². The van der Waals surface area contributed by atoms with E-state index in [9.17, 15) is 9.90 Å². The maximum absolute atomic E-state index is 12.3. The highest BCUT2D eigenvalue weighted by Crippen LogP contribution is 2.31. The molecule has 4 N–H and O–H groups in total. The number of hydrogen-bond donors (Lipinski definition) is 3. The molecule has 1 aromatic carbocycles. The standard InChI is InChI=1S/C15H17N3O2/c16-11-8-13(17-12-5-2-1-4-10(11)12)14(20)18-15(9-19)6-3-7-15/h1-2,4-5,8,19H,3,6-7,9H2,(H2,16,17)(H,18,20). The van der Waals surface area contributed by atoms with Crippen LogP contribution in [0.3, 0.4) is 0 Å². The number of hydrogen-bond acceptors (Lipinski definition) is 4. The van der Waals surface area contributed by atoms with Gasteiger partial charge < -0.3 is 16.2 Å². The van der Waals surface area contributed by atoms with E-state index in [0.717, 1.165) is 24.6 Å². The van der Waals surface area contributed by atoms with Gasteiger partial charge in [-0.2, -0.15) is 0 Å². The van der Waals surface area contributed by atoms with Crippen molar-refractivity contribution in [3.05, 3.63) is 36.0 Å². The van der Waals surface area contributed by atoms with Crippen LogP contribution in [0.4, 0.5) is 5.69 Å². The Morgan fingerprint density at radius 1 is 1.40 bits per heavy atom. The van der Waals surface area contributed by atoms with Gasteiger partial charge in [0, 0.05) is 11.1 Å². The van der Waals surface area contributed by atoms with Gasteiger partial charge in [-0.3, -0.25) is 4.79 Å². The number of carbonyl (C=O) groups is 1. The van der Waals surface area contributed by atoms with Crippen molar-refractivity contribution >= 4 is 22.5 Å². The minimum atomic E-state index is -0.473. The fourth-order valence-electron chi connectivity index (χ4n) is 2.55. The first-order valence-electron chi connectivity index (χ1n) is 6.72. The molecule has 5 heteroatoms. The monoisotopic (exact) mass is 271 g/mol. The molecule has 5 nitrogen and oxygen atoms in total. The van der Waals surface area contributed by atoms with Crippen molar-refractivity contribution in [1.29, 1.82) is 0 Å². The number of aliphatic hydroxyl groups is 1. The van der Waals surface area contributed by atoms with Crippen molar-refractivity contribution in [3.63, 3.8) is 0 Å². The molecule has 1 fully saturated rings. The van der Waals surface area contributed by atoms with Gasteiger partial charge in [0.25, 0.3) is 5.91 Å². The first kappa shape index (κ1) is 12.9. The number of nitrogens with two attached hydrogens (primary N) is 1. The second-order valence-corrected chi connectivity index (χ2v) is 5.36. The first-order chi connectivity index (χ1) is 9.63. The summed E-state index contributed by atoms with van der Waals surface area (Å²) >= 11 is 0. The van der Waals surface area contributed by atoms with Gasteiger partial charge in [0.1, 0.15) is 5.69 Å². The lowest BCUT2D eigenvalue weighted by Gasteiger charge is -2.40. The normalized spacial score (nSPS) is 16.6. The van der Waals surface area contributed by atoms with E-state index in [-0.39, 0.29) is 12.5 Å². The van der Waals surface area contributed by atoms with Crippen LogP contribution in [0.5, 0.6) is 0 Å². The Morgan fingerprint density at radius 3 is 2.80 bits per heavy atom. The number of anilines is 1. The van der Waals surface area contributed by atoms with E-state index in [4.69, 9.17) is 5.73 Å². The summed E-state index contributed by atoms with van der Waals surface area (Å²) in [4.78, 5) is 16.6. The summed E-state index contributed by atoms with van der Waals surface area (Å²) in [5, 5.41) is 13.1. The Kier molecular flexibility index (Phi) is 3.06. The average Bonchev–Trinajstić information content (AvgIpc) is 2.42. The number of aromatic nitrogens is 1. The molecule has 1 heterocycles. The largest absolute Gasteiger partial charge is 0.398 e. The van der Waals surface area contributed by atoms with Crippen LogP contribution in [0, 0.1) is 0 Å². The number of aliphatic hydroxyl groups excluding tert-OH is 1. The molecular formula is C15H17N3O2. The number of nitrogen functional groups attached to an aromatic ring is 1. The zero-order valence-corrected chi connectivity index (χ0v) is 11.1. The van der Waals surface area contributed by atoms with Crippen LogP contribution in [-0.2, 0) is 0 Å². The Bertz CT molecular complexity index is 660. The first-order valence-corrected chi connectivity index (χ1v) is 6.72. The fraction of sp³-hybridized carbons (Fsp3) is 0.333. The molecule has 3 rings (SSSR count). The minimum Gasteiger partial charge on any atom is -0.398 e. The summed E-state index contributed by atoms with van der Waals surface area (Å²) in [5.41, 5.74) is 7.02. The summed E-state index contributed by atoms with van der Waals surface area (Å²) < 4.78 is 0. The SMILES string of the molecule is Nc1cc(C(=O)NC2(CO)CCC2)nc2ccccc12. The third-order valence-corrected chi connectivity index (χ3v) is 3.97. The summed E-state index contributed by atoms with van der Waals surface area (Å²) in [5.74, 6) is -0.281. The molecular weight excluding hydrogens is 254 g/mol. The number of rotatable bonds is 3. The maximum Gasteiger partial charge on any atom is 0.270 e. The quantitative estimate of drug-likeness (QED) is 0.788. The van der Waals surface area contributed by atoms with E-state index >= 15 is 0 Å². The molecule has 0 spiro atoms. The lowest BCUT2D eigenvalue weighted by atomic mass is 9.77. The van der Waals surface area contributed by atoms with E-state index in [1.165, 1.54) is 0 Å². The highest BCUT2D eigenvalue weighted by atomic mass is 16.3. The minimum absolute atomic E-state index is 0.0399. The van der Waals surface area contributed by atoms with Crippen molar-refractivity contribution < 1.29 is 9.90 Å². The maximum atomic E-state index is 12.3. The summed E-state index contributed by atoms with van der Waals surface area (Å²) in [6.45, 7) is -0.0399.